The Morgan fingerprint density at radius 3 is 2.67 bits per heavy atom. The van der Waals surface area contributed by atoms with Gasteiger partial charge in [0.2, 0.25) is 0 Å². The van der Waals surface area contributed by atoms with E-state index in [1.54, 1.807) is 6.08 Å². The molecule has 170 valence electrons. The maximum Gasteiger partial charge on any atom is 0.303 e. The fourth-order valence-corrected chi connectivity index (χ4v) is 3.46. The Morgan fingerprint density at radius 1 is 1.37 bits per heavy atom. The molecule has 8 nitrogen and oxygen atoms in total. The summed E-state index contributed by atoms with van der Waals surface area (Å²) in [5, 5.41) is 9.49. The summed E-state index contributed by atoms with van der Waals surface area (Å²) in [6, 6.07) is 0. The third-order valence-corrected chi connectivity index (χ3v) is 5.43. The van der Waals surface area contributed by atoms with Gasteiger partial charge in [0.25, 0.3) is 5.09 Å². The predicted octanol–water partition coefficient (Wildman–Crippen LogP) is 4.35. The van der Waals surface area contributed by atoms with E-state index in [2.05, 4.69) is 4.84 Å². The molecule has 0 aromatic heterocycles. The van der Waals surface area contributed by atoms with Gasteiger partial charge in [-0.25, -0.2) is 0 Å². The first-order valence-corrected chi connectivity index (χ1v) is 10.5. The molecule has 1 heterocycles. The molecule has 3 atom stereocenters. The molecule has 1 saturated heterocycles. The van der Waals surface area contributed by atoms with Gasteiger partial charge in [-0.3, -0.25) is 9.59 Å². The van der Waals surface area contributed by atoms with Crippen LogP contribution in [0.1, 0.15) is 73.1 Å². The summed E-state index contributed by atoms with van der Waals surface area (Å²) < 4.78 is 11.7. The van der Waals surface area contributed by atoms with Gasteiger partial charge < -0.3 is 14.3 Å². The Hall–Kier alpha value is -2.22. The van der Waals surface area contributed by atoms with E-state index in [0.29, 0.717) is 32.3 Å². The van der Waals surface area contributed by atoms with E-state index in [1.165, 1.54) is 6.92 Å². The summed E-state index contributed by atoms with van der Waals surface area (Å²) in [7, 11) is 0. The first-order valence-electron chi connectivity index (χ1n) is 10.5. The molecule has 0 N–H and O–H groups in total. The van der Waals surface area contributed by atoms with Crippen molar-refractivity contribution in [1.29, 1.82) is 0 Å². The minimum atomic E-state index is -0.833. The van der Waals surface area contributed by atoms with Crippen LogP contribution in [0, 0.1) is 16.0 Å². The molecule has 8 heteroatoms. The standard InChI is InChI=1S/C22H35NO7/c1-16(2)8-10-20(25)17(3)7-6-13-22(5)21(30-18(4)24)11-9-19(15-28-22)12-14-29-23(26)27/h8,12,17,21H,6-7,9-11,13-15H2,1-5H3/b19-12+/t17?,21-,22+/m1/s1. The van der Waals surface area contributed by atoms with Crippen LogP contribution in [0.3, 0.4) is 0 Å². The van der Waals surface area contributed by atoms with E-state index in [1.807, 2.05) is 33.8 Å². The van der Waals surface area contributed by atoms with Crippen molar-refractivity contribution < 1.29 is 29.0 Å². The summed E-state index contributed by atoms with van der Waals surface area (Å²) >= 11 is 0. The summed E-state index contributed by atoms with van der Waals surface area (Å²) in [6.45, 7) is 9.35. The minimum Gasteiger partial charge on any atom is -0.459 e. The largest absolute Gasteiger partial charge is 0.459 e. The van der Waals surface area contributed by atoms with E-state index in [4.69, 9.17) is 9.47 Å². The molecule has 0 spiro atoms. The number of allylic oxidation sites excluding steroid dienone is 2. The zero-order valence-corrected chi connectivity index (χ0v) is 18.8. The number of hydrogen-bond acceptors (Lipinski definition) is 7. The van der Waals surface area contributed by atoms with Gasteiger partial charge in [0, 0.05) is 19.3 Å². The second-order valence-electron chi connectivity index (χ2n) is 8.37. The molecule has 0 radical (unpaired) electrons. The molecule has 0 amide bonds. The van der Waals surface area contributed by atoms with Crippen molar-refractivity contribution in [2.75, 3.05) is 13.2 Å². The number of Topliss-reactive ketones (excluding diaryl/α,β-unsaturated/α-hetero) is 1. The molecular weight excluding hydrogens is 390 g/mol. The molecule has 0 saturated carbocycles. The number of hydrogen-bond donors (Lipinski definition) is 0. The summed E-state index contributed by atoms with van der Waals surface area (Å²) in [5.41, 5.74) is 1.32. The van der Waals surface area contributed by atoms with Gasteiger partial charge in [0.1, 0.15) is 24.1 Å². The first kappa shape index (κ1) is 25.8. The Balaban J connectivity index is 2.72. The normalized spacial score (nSPS) is 23.9. The van der Waals surface area contributed by atoms with Crippen LogP contribution in [0.25, 0.3) is 0 Å². The van der Waals surface area contributed by atoms with Gasteiger partial charge in [-0.15, -0.1) is 10.1 Å². The van der Waals surface area contributed by atoms with Crippen molar-refractivity contribution >= 4 is 11.8 Å². The molecule has 30 heavy (non-hydrogen) atoms. The fraction of sp³-hybridized carbons (Fsp3) is 0.727. The van der Waals surface area contributed by atoms with Gasteiger partial charge in [-0.1, -0.05) is 24.6 Å². The van der Waals surface area contributed by atoms with Gasteiger partial charge in [0.05, 0.1) is 6.61 Å². The van der Waals surface area contributed by atoms with Crippen LogP contribution in [0.2, 0.25) is 0 Å². The summed E-state index contributed by atoms with van der Waals surface area (Å²) in [6.07, 6.45) is 6.93. The lowest BCUT2D eigenvalue weighted by Gasteiger charge is -2.35. The average Bonchev–Trinajstić information content (AvgIpc) is 2.79. The Labute approximate surface area is 178 Å². The first-order chi connectivity index (χ1) is 14.0. The van der Waals surface area contributed by atoms with Crippen LogP contribution >= 0.6 is 0 Å². The summed E-state index contributed by atoms with van der Waals surface area (Å²) in [4.78, 5) is 38.5. The van der Waals surface area contributed by atoms with E-state index in [9.17, 15) is 19.7 Å². The van der Waals surface area contributed by atoms with Crippen LogP contribution in [0.5, 0.6) is 0 Å². The number of rotatable bonds is 11. The second-order valence-corrected chi connectivity index (χ2v) is 8.37. The molecule has 1 fully saturated rings. The van der Waals surface area contributed by atoms with Gasteiger partial charge in [-0.05, 0) is 58.4 Å². The highest BCUT2D eigenvalue weighted by Gasteiger charge is 2.39. The van der Waals surface area contributed by atoms with Crippen LogP contribution < -0.4 is 0 Å². The zero-order chi connectivity index (χ0) is 22.7. The van der Waals surface area contributed by atoms with E-state index < -0.39 is 16.8 Å². The van der Waals surface area contributed by atoms with E-state index in [0.717, 1.165) is 24.0 Å². The number of ether oxygens (including phenoxy) is 2. The molecule has 1 aliphatic heterocycles. The quantitative estimate of drug-likeness (QED) is 0.210. The number of nitrogens with zero attached hydrogens (tertiary/aromatic N) is 1. The molecule has 0 aromatic carbocycles. The Bertz CT molecular complexity index is 666. The van der Waals surface area contributed by atoms with Gasteiger partial charge in [0.15, 0.2) is 0 Å². The summed E-state index contributed by atoms with van der Waals surface area (Å²) in [5.74, 6) is -0.197. The van der Waals surface area contributed by atoms with Gasteiger partial charge >= 0.3 is 5.97 Å². The zero-order valence-electron chi connectivity index (χ0n) is 18.8. The lowest BCUT2D eigenvalue weighted by Crippen LogP contribution is -2.43. The molecule has 0 bridgehead atoms. The maximum atomic E-state index is 12.3. The molecular formula is C22H35NO7. The number of carbonyl (C=O) groups excluding carboxylic acids is 2. The lowest BCUT2D eigenvalue weighted by atomic mass is 9.87. The average molecular weight is 426 g/mol. The molecule has 1 aliphatic rings. The number of ketones is 1. The molecule has 1 unspecified atom stereocenters. The maximum absolute atomic E-state index is 12.3. The topological polar surface area (TPSA) is 105 Å². The minimum absolute atomic E-state index is 0.0445. The van der Waals surface area contributed by atoms with E-state index in [-0.39, 0.29) is 24.3 Å². The third-order valence-electron chi connectivity index (χ3n) is 5.43. The fourth-order valence-electron chi connectivity index (χ4n) is 3.46. The van der Waals surface area contributed by atoms with Crippen LogP contribution in [0.4, 0.5) is 0 Å². The SMILES string of the molecule is CC(=O)O[C@@H]1CC/C(=C\CO[N+](=O)[O-])CO[C@@]1(C)CCCC(C)C(=O)CC=C(C)C. The predicted molar refractivity (Wildman–Crippen MR) is 112 cm³/mol. The van der Waals surface area contributed by atoms with Crippen molar-refractivity contribution in [2.45, 2.75) is 84.8 Å². The van der Waals surface area contributed by atoms with Crippen molar-refractivity contribution in [1.82, 2.24) is 0 Å². The highest BCUT2D eigenvalue weighted by molar-refractivity contribution is 5.82. The van der Waals surface area contributed by atoms with Crippen molar-refractivity contribution in [3.8, 4) is 0 Å². The van der Waals surface area contributed by atoms with E-state index >= 15 is 0 Å². The van der Waals surface area contributed by atoms with Crippen molar-refractivity contribution in [3.05, 3.63) is 33.4 Å². The second kappa shape index (κ2) is 12.5. The van der Waals surface area contributed by atoms with Crippen LogP contribution in [-0.2, 0) is 23.9 Å². The van der Waals surface area contributed by atoms with Gasteiger partial charge in [-0.2, -0.15) is 0 Å². The van der Waals surface area contributed by atoms with Crippen molar-refractivity contribution in [2.24, 2.45) is 5.92 Å². The molecule has 0 aliphatic carbocycles. The van der Waals surface area contributed by atoms with Crippen LogP contribution in [-0.4, -0.2) is 41.8 Å². The monoisotopic (exact) mass is 425 g/mol. The highest BCUT2D eigenvalue weighted by atomic mass is 16.9. The number of esters is 1. The Morgan fingerprint density at radius 2 is 2.07 bits per heavy atom. The Kier molecular flexibility index (Phi) is 10.7. The molecule has 1 rings (SSSR count). The van der Waals surface area contributed by atoms with Crippen molar-refractivity contribution in [3.63, 3.8) is 0 Å². The third kappa shape index (κ3) is 9.52. The molecule has 0 aromatic rings. The van der Waals surface area contributed by atoms with Crippen LogP contribution in [0.15, 0.2) is 23.3 Å². The highest BCUT2D eigenvalue weighted by Crippen LogP contribution is 2.34. The number of carbonyl (C=O) groups is 2. The lowest BCUT2D eigenvalue weighted by molar-refractivity contribution is -0.755. The smallest absolute Gasteiger partial charge is 0.303 e.